The van der Waals surface area contributed by atoms with Crippen LogP contribution in [0.15, 0.2) is 48.5 Å². The van der Waals surface area contributed by atoms with Crippen LogP contribution in [0, 0.1) is 35.5 Å². The minimum Gasteiger partial charge on any atom is -0.443 e. The zero-order valence-corrected chi connectivity index (χ0v) is 28.0. The lowest BCUT2D eigenvalue weighted by Gasteiger charge is -2.60. The van der Waals surface area contributed by atoms with E-state index in [9.17, 15) is 29.1 Å². The third kappa shape index (κ3) is 4.65. The SMILES string of the molecule is CN(C)C(=O)OC12CC3CC(C1)C(N1C(=O)c4ccccc4C1=O)C(C3)C2.O=C1c2ccccc2C(=O)N1C1C2CC3CC1CC(O)(C3)C2. The van der Waals surface area contributed by atoms with Gasteiger partial charge in [-0.05, 0) is 124 Å². The Kier molecular flexibility index (Phi) is 6.78. The third-order valence-corrected chi connectivity index (χ3v) is 13.3. The molecular formula is C39H43N3O7. The molecule has 4 unspecified atom stereocenters. The summed E-state index contributed by atoms with van der Waals surface area (Å²) in [6.07, 6.45) is 8.64. The van der Waals surface area contributed by atoms with E-state index in [0.717, 1.165) is 64.2 Å². The highest BCUT2D eigenvalue weighted by atomic mass is 16.6. The number of benzene rings is 2. The van der Waals surface area contributed by atoms with Crippen molar-refractivity contribution in [2.75, 3.05) is 14.1 Å². The van der Waals surface area contributed by atoms with Gasteiger partial charge < -0.3 is 14.7 Å². The molecule has 49 heavy (non-hydrogen) atoms. The van der Waals surface area contributed by atoms with E-state index in [2.05, 4.69) is 0 Å². The first-order valence-corrected chi connectivity index (χ1v) is 18.0. The fraction of sp³-hybridized carbons (Fsp3) is 0.564. The first-order chi connectivity index (χ1) is 23.4. The largest absolute Gasteiger partial charge is 0.443 e. The summed E-state index contributed by atoms with van der Waals surface area (Å²) < 4.78 is 5.94. The van der Waals surface area contributed by atoms with Gasteiger partial charge >= 0.3 is 6.09 Å². The van der Waals surface area contributed by atoms with E-state index in [1.54, 1.807) is 50.5 Å². The van der Waals surface area contributed by atoms with Crippen LogP contribution in [-0.4, -0.2) is 86.9 Å². The van der Waals surface area contributed by atoms with Gasteiger partial charge in [0.1, 0.15) is 5.60 Å². The number of aliphatic hydroxyl groups is 1. The van der Waals surface area contributed by atoms with E-state index in [-0.39, 0.29) is 65.5 Å². The minimum atomic E-state index is -0.536. The molecule has 8 fully saturated rings. The number of amides is 5. The smallest absolute Gasteiger partial charge is 0.409 e. The average Bonchev–Trinajstić information content (AvgIpc) is 3.44. The normalized spacial score (nSPS) is 38.8. The van der Waals surface area contributed by atoms with Gasteiger partial charge in [0.2, 0.25) is 0 Å². The van der Waals surface area contributed by atoms with E-state index in [1.165, 1.54) is 14.7 Å². The van der Waals surface area contributed by atoms with Crippen molar-refractivity contribution >= 4 is 29.7 Å². The molecule has 2 aromatic rings. The van der Waals surface area contributed by atoms with Gasteiger partial charge in [0, 0.05) is 26.2 Å². The molecule has 0 aromatic heterocycles. The van der Waals surface area contributed by atoms with Crippen molar-refractivity contribution in [3.05, 3.63) is 70.8 Å². The van der Waals surface area contributed by atoms with Crippen molar-refractivity contribution in [2.24, 2.45) is 35.5 Å². The van der Waals surface area contributed by atoms with E-state index < -0.39 is 11.2 Å². The molecule has 10 aliphatic rings. The monoisotopic (exact) mass is 665 g/mol. The maximum absolute atomic E-state index is 13.0. The van der Waals surface area contributed by atoms with Crippen LogP contribution in [0.4, 0.5) is 4.79 Å². The van der Waals surface area contributed by atoms with Gasteiger partial charge in [-0.1, -0.05) is 24.3 Å². The quantitative estimate of drug-likeness (QED) is 0.450. The van der Waals surface area contributed by atoms with E-state index in [4.69, 9.17) is 4.74 Å². The topological polar surface area (TPSA) is 125 Å². The fourth-order valence-electron chi connectivity index (χ4n) is 12.1. The third-order valence-electron chi connectivity index (χ3n) is 13.3. The van der Waals surface area contributed by atoms with E-state index in [0.29, 0.717) is 34.1 Å². The number of hydrogen-bond donors (Lipinski definition) is 1. The summed E-state index contributed by atoms with van der Waals surface area (Å²) in [4.78, 5) is 68.2. The Balaban J connectivity index is 0.000000135. The van der Waals surface area contributed by atoms with Crippen molar-refractivity contribution < 1.29 is 33.8 Å². The fourth-order valence-corrected chi connectivity index (χ4v) is 12.1. The number of fused-ring (bicyclic) bond motifs is 2. The maximum atomic E-state index is 13.0. The highest BCUT2D eigenvalue weighted by Crippen LogP contribution is 2.60. The second-order valence-corrected chi connectivity index (χ2v) is 16.6. The van der Waals surface area contributed by atoms with Crippen molar-refractivity contribution in [1.29, 1.82) is 0 Å². The Morgan fingerprint density at radius 1 is 0.633 bits per heavy atom. The van der Waals surface area contributed by atoms with Gasteiger partial charge in [0.25, 0.3) is 23.6 Å². The molecule has 8 saturated carbocycles. The van der Waals surface area contributed by atoms with Crippen LogP contribution in [0.25, 0.3) is 0 Å². The Hall–Kier alpha value is -4.05. The Morgan fingerprint density at radius 3 is 1.37 bits per heavy atom. The molecule has 2 aromatic carbocycles. The lowest BCUT2D eigenvalue weighted by molar-refractivity contribution is -0.154. The predicted molar refractivity (Wildman–Crippen MR) is 176 cm³/mol. The maximum Gasteiger partial charge on any atom is 0.409 e. The molecular weight excluding hydrogens is 622 g/mol. The molecule has 8 bridgehead atoms. The molecule has 10 nitrogen and oxygen atoms in total. The minimum absolute atomic E-state index is 0.00998. The molecule has 0 spiro atoms. The van der Waals surface area contributed by atoms with Crippen LogP contribution < -0.4 is 0 Å². The van der Waals surface area contributed by atoms with Crippen LogP contribution in [0.1, 0.15) is 106 Å². The summed E-state index contributed by atoms with van der Waals surface area (Å²) in [5.41, 5.74) is 1.16. The zero-order chi connectivity index (χ0) is 34.0. The number of hydrogen-bond acceptors (Lipinski definition) is 7. The highest BCUT2D eigenvalue weighted by Gasteiger charge is 2.61. The number of imide groups is 2. The number of nitrogens with zero attached hydrogens (tertiary/aromatic N) is 3. The lowest BCUT2D eigenvalue weighted by Crippen LogP contribution is -2.63. The van der Waals surface area contributed by atoms with Crippen LogP contribution in [-0.2, 0) is 4.74 Å². The molecule has 2 aliphatic heterocycles. The van der Waals surface area contributed by atoms with E-state index in [1.807, 2.05) is 12.1 Å². The predicted octanol–water partition coefficient (Wildman–Crippen LogP) is 5.15. The lowest BCUT2D eigenvalue weighted by atomic mass is 9.52. The van der Waals surface area contributed by atoms with Gasteiger partial charge in [-0.2, -0.15) is 0 Å². The summed E-state index contributed by atoms with van der Waals surface area (Å²) in [6, 6.07) is 14.1. The van der Waals surface area contributed by atoms with Crippen molar-refractivity contribution in [2.45, 2.75) is 87.5 Å². The molecule has 8 aliphatic carbocycles. The van der Waals surface area contributed by atoms with Gasteiger partial charge in [-0.25, -0.2) is 4.79 Å². The summed E-state index contributed by atoms with van der Waals surface area (Å²) >= 11 is 0. The molecule has 10 heteroatoms. The first-order valence-electron chi connectivity index (χ1n) is 18.0. The van der Waals surface area contributed by atoms with Crippen LogP contribution in [0.5, 0.6) is 0 Å². The molecule has 4 atom stereocenters. The summed E-state index contributed by atoms with van der Waals surface area (Å²) in [5.74, 6) is 1.49. The van der Waals surface area contributed by atoms with Crippen molar-refractivity contribution in [3.8, 4) is 0 Å². The molecule has 0 saturated heterocycles. The Bertz CT molecular complexity index is 1700. The molecule has 0 radical (unpaired) electrons. The summed E-state index contributed by atoms with van der Waals surface area (Å²) in [5, 5.41) is 10.7. The number of rotatable bonds is 3. The van der Waals surface area contributed by atoms with Crippen LogP contribution >= 0.6 is 0 Å². The van der Waals surface area contributed by atoms with Gasteiger partial charge in [-0.15, -0.1) is 0 Å². The molecule has 12 rings (SSSR count). The first kappa shape index (κ1) is 31.0. The second-order valence-electron chi connectivity index (χ2n) is 16.6. The van der Waals surface area contributed by atoms with Gasteiger partial charge in [0.15, 0.2) is 0 Å². The molecule has 5 amide bonds. The van der Waals surface area contributed by atoms with Crippen molar-refractivity contribution in [3.63, 3.8) is 0 Å². The average molecular weight is 666 g/mol. The van der Waals surface area contributed by atoms with Gasteiger partial charge in [0.05, 0.1) is 27.9 Å². The van der Waals surface area contributed by atoms with Gasteiger partial charge in [-0.3, -0.25) is 29.0 Å². The highest BCUT2D eigenvalue weighted by molar-refractivity contribution is 6.22. The Labute approximate surface area is 285 Å². The number of carbonyl (C=O) groups is 5. The Morgan fingerprint density at radius 2 is 1.00 bits per heavy atom. The van der Waals surface area contributed by atoms with Crippen molar-refractivity contribution in [1.82, 2.24) is 14.7 Å². The van der Waals surface area contributed by atoms with E-state index >= 15 is 0 Å². The summed E-state index contributed by atoms with van der Waals surface area (Å²) in [7, 11) is 3.40. The molecule has 256 valence electrons. The second kappa shape index (κ2) is 10.7. The molecule has 1 N–H and O–H groups in total. The number of carbonyl (C=O) groups excluding carboxylic acids is 5. The number of ether oxygens (including phenoxy) is 1. The van der Waals surface area contributed by atoms with Crippen LogP contribution in [0.2, 0.25) is 0 Å². The van der Waals surface area contributed by atoms with Crippen LogP contribution in [0.3, 0.4) is 0 Å². The standard InChI is InChI=1S/C21H24N2O4.C18H19NO3/c1-22(2)20(26)27-21-9-12-7-13(10-21)17(14(8-12)11-21)23-18(24)15-5-3-4-6-16(15)19(23)25;20-16-13-3-1-2-4-14(13)17(21)19(16)15-11-5-10-6-12(15)9-18(22,7-10)8-11/h3-6,12-14,17H,7-11H2,1-2H3;1-4,10-12,15,22H,5-9H2. The summed E-state index contributed by atoms with van der Waals surface area (Å²) in [6.45, 7) is 0. The zero-order valence-electron chi connectivity index (χ0n) is 28.0. The molecule has 2 heterocycles.